The molecule has 0 atom stereocenters. The van der Waals surface area contributed by atoms with E-state index in [-0.39, 0.29) is 30.0 Å². The fourth-order valence-electron chi connectivity index (χ4n) is 3.23. The van der Waals surface area contributed by atoms with E-state index in [0.717, 1.165) is 6.26 Å². The molecule has 3 aromatic rings. The van der Waals surface area contributed by atoms with Gasteiger partial charge in [0.25, 0.3) is 5.91 Å². The number of carbonyl (C=O) groups excluding carboxylic acids is 2. The lowest BCUT2D eigenvalue weighted by molar-refractivity contribution is -0.148. The molecule has 0 fully saturated rings. The van der Waals surface area contributed by atoms with Crippen LogP contribution >= 0.6 is 0 Å². The number of carbonyl (C=O) groups is 2. The Morgan fingerprint density at radius 3 is 2.29 bits per heavy atom. The van der Waals surface area contributed by atoms with Crippen molar-refractivity contribution in [2.45, 2.75) is 33.8 Å². The Balaban J connectivity index is 0.00000432. The molecule has 1 aromatic heterocycles. The number of furan rings is 1. The van der Waals surface area contributed by atoms with Crippen LogP contribution in [0.15, 0.2) is 46.9 Å². The van der Waals surface area contributed by atoms with E-state index in [2.05, 4.69) is 10.0 Å². The van der Waals surface area contributed by atoms with Gasteiger partial charge < -0.3 is 14.5 Å². The summed E-state index contributed by atoms with van der Waals surface area (Å²) in [5.41, 5.74) is 0.596. The maximum Gasteiger partial charge on any atom is 0.331 e. The predicted molar refractivity (Wildman–Crippen MR) is 135 cm³/mol. The van der Waals surface area contributed by atoms with Gasteiger partial charge in [0, 0.05) is 30.1 Å². The average Bonchev–Trinajstić information content (AvgIpc) is 3.07. The summed E-state index contributed by atoms with van der Waals surface area (Å²) in [6, 6.07) is 8.37. The Morgan fingerprint density at radius 2 is 1.74 bits per heavy atom. The molecule has 3 rings (SSSR count). The largest absolute Gasteiger partial charge is 0.457 e. The van der Waals surface area contributed by atoms with Crippen molar-refractivity contribution in [3.05, 3.63) is 59.4 Å². The van der Waals surface area contributed by atoms with Gasteiger partial charge in [-0.3, -0.25) is 9.52 Å². The van der Waals surface area contributed by atoms with Crippen molar-refractivity contribution in [3.63, 3.8) is 0 Å². The van der Waals surface area contributed by atoms with Crippen LogP contribution in [-0.4, -0.2) is 39.2 Å². The molecule has 8 nitrogen and oxygen atoms in total. The number of rotatable bonds is 6. The van der Waals surface area contributed by atoms with Crippen molar-refractivity contribution in [2.24, 2.45) is 0 Å². The van der Waals surface area contributed by atoms with Crippen LogP contribution in [0.25, 0.3) is 28.4 Å². The first-order valence-corrected chi connectivity index (χ1v) is 12.1. The van der Waals surface area contributed by atoms with Gasteiger partial charge in [0.05, 0.1) is 17.5 Å². The van der Waals surface area contributed by atoms with Crippen molar-refractivity contribution in [2.75, 3.05) is 18.0 Å². The van der Waals surface area contributed by atoms with Crippen LogP contribution in [0.3, 0.4) is 0 Å². The van der Waals surface area contributed by atoms with Gasteiger partial charge in [-0.05, 0) is 62.7 Å². The molecular weight excluding hydrogens is 475 g/mol. The molecule has 1 amide bonds. The smallest absolute Gasteiger partial charge is 0.331 e. The van der Waals surface area contributed by atoms with E-state index in [1.165, 1.54) is 55.6 Å². The second kappa shape index (κ2) is 10.3. The van der Waals surface area contributed by atoms with Gasteiger partial charge in [-0.1, -0.05) is 7.43 Å². The first-order valence-electron chi connectivity index (χ1n) is 10.2. The summed E-state index contributed by atoms with van der Waals surface area (Å²) >= 11 is 0. The van der Waals surface area contributed by atoms with Crippen molar-refractivity contribution in [3.8, 4) is 11.3 Å². The second-order valence-corrected chi connectivity index (χ2v) is 10.3. The fourth-order valence-corrected chi connectivity index (χ4v) is 3.81. The summed E-state index contributed by atoms with van der Waals surface area (Å²) < 4.78 is 50.9. The number of benzene rings is 2. The molecule has 2 N–H and O–H groups in total. The highest BCUT2D eigenvalue weighted by Gasteiger charge is 2.23. The second-order valence-electron chi connectivity index (χ2n) is 8.57. The lowest BCUT2D eigenvalue weighted by Gasteiger charge is -2.18. The van der Waals surface area contributed by atoms with Gasteiger partial charge in [0.2, 0.25) is 10.0 Å². The monoisotopic (exact) mass is 504 g/mol. The van der Waals surface area contributed by atoms with Crippen molar-refractivity contribution >= 4 is 44.6 Å². The number of ether oxygens (including phenoxy) is 1. The Morgan fingerprint density at radius 1 is 1.11 bits per heavy atom. The first kappa shape index (κ1) is 27.6. The molecular formula is C25H29FN2O6S. The van der Waals surface area contributed by atoms with Crippen LogP contribution in [0, 0.1) is 5.82 Å². The normalized spacial score (nSPS) is 11.8. The van der Waals surface area contributed by atoms with Gasteiger partial charge in [0.1, 0.15) is 22.8 Å². The molecule has 0 bridgehead atoms. The number of fused-ring (bicyclic) bond motifs is 1. The standard InChI is InChI=1S/C24H25FN2O6S.CH4/c1-24(2,3)33-20(28)11-8-15-12-17-19(13-18(15)27-34(5,30)31)32-22(21(17)23(29)26-4)14-6-9-16(25)10-7-14;/h6-13,27H,1-5H3,(H,26,29);1H4/b11-8+;. The number of sulfonamides is 1. The lowest BCUT2D eigenvalue weighted by Crippen LogP contribution is -2.22. The SMILES string of the molecule is C.CNC(=O)c1c(-c2ccc(F)cc2)oc2cc(NS(C)(=O)=O)c(/C=C/C(=O)OC(C)(C)C)cc12. The fraction of sp³-hybridized carbons (Fsp3) is 0.280. The third-order valence-electron chi connectivity index (χ3n) is 4.52. The number of anilines is 1. The van der Waals surface area contributed by atoms with E-state index in [1.54, 1.807) is 20.8 Å². The minimum absolute atomic E-state index is 0. The van der Waals surface area contributed by atoms with E-state index >= 15 is 0 Å². The summed E-state index contributed by atoms with van der Waals surface area (Å²) in [6.07, 6.45) is 3.54. The quantitative estimate of drug-likeness (QED) is 0.362. The first-order chi connectivity index (χ1) is 15.8. The van der Waals surface area contributed by atoms with Crippen LogP contribution < -0.4 is 10.0 Å². The zero-order valence-electron chi connectivity index (χ0n) is 19.4. The Kier molecular flexibility index (Phi) is 8.12. The molecule has 0 spiro atoms. The molecule has 0 radical (unpaired) electrons. The molecule has 0 aliphatic heterocycles. The Hall–Kier alpha value is -3.66. The van der Waals surface area contributed by atoms with E-state index in [4.69, 9.17) is 9.15 Å². The van der Waals surface area contributed by atoms with Gasteiger partial charge in [0.15, 0.2) is 0 Å². The van der Waals surface area contributed by atoms with Crippen molar-refractivity contribution in [1.82, 2.24) is 5.32 Å². The van der Waals surface area contributed by atoms with Gasteiger partial charge in [-0.15, -0.1) is 0 Å². The predicted octanol–water partition coefficient (Wildman–Crippen LogP) is 4.96. The molecule has 0 saturated carbocycles. The topological polar surface area (TPSA) is 115 Å². The number of amides is 1. The molecule has 1 heterocycles. The molecule has 0 saturated heterocycles. The summed E-state index contributed by atoms with van der Waals surface area (Å²) in [5.74, 6) is -1.34. The van der Waals surface area contributed by atoms with Gasteiger partial charge >= 0.3 is 5.97 Å². The van der Waals surface area contributed by atoms with Crippen LogP contribution in [0.1, 0.15) is 44.1 Å². The summed E-state index contributed by atoms with van der Waals surface area (Å²) in [7, 11) is -2.22. The Labute approximate surface area is 204 Å². The number of hydrogen-bond acceptors (Lipinski definition) is 6. The summed E-state index contributed by atoms with van der Waals surface area (Å²) in [6.45, 7) is 5.17. The van der Waals surface area contributed by atoms with Crippen LogP contribution in [0.2, 0.25) is 0 Å². The highest BCUT2D eigenvalue weighted by Crippen LogP contribution is 2.37. The third-order valence-corrected chi connectivity index (χ3v) is 5.11. The third kappa shape index (κ3) is 6.92. The highest BCUT2D eigenvalue weighted by atomic mass is 32.2. The number of nitrogens with one attached hydrogen (secondary N) is 2. The van der Waals surface area contributed by atoms with Gasteiger partial charge in [-0.2, -0.15) is 0 Å². The number of halogens is 1. The molecule has 188 valence electrons. The number of esters is 1. The summed E-state index contributed by atoms with van der Waals surface area (Å²) in [5, 5.41) is 2.93. The van der Waals surface area contributed by atoms with Gasteiger partial charge in [-0.25, -0.2) is 17.6 Å². The van der Waals surface area contributed by atoms with E-state index in [0.29, 0.717) is 16.5 Å². The van der Waals surface area contributed by atoms with E-state index < -0.39 is 33.3 Å². The zero-order valence-corrected chi connectivity index (χ0v) is 20.2. The van der Waals surface area contributed by atoms with Crippen LogP contribution in [0.5, 0.6) is 0 Å². The summed E-state index contributed by atoms with van der Waals surface area (Å²) in [4.78, 5) is 24.9. The minimum atomic E-state index is -3.68. The zero-order chi connectivity index (χ0) is 25.3. The van der Waals surface area contributed by atoms with E-state index in [9.17, 15) is 22.4 Å². The molecule has 35 heavy (non-hydrogen) atoms. The lowest BCUT2D eigenvalue weighted by atomic mass is 10.0. The van der Waals surface area contributed by atoms with Crippen molar-refractivity contribution in [1.29, 1.82) is 0 Å². The van der Waals surface area contributed by atoms with Crippen LogP contribution in [0.4, 0.5) is 10.1 Å². The maximum atomic E-state index is 13.4. The van der Waals surface area contributed by atoms with E-state index in [1.807, 2.05) is 0 Å². The van der Waals surface area contributed by atoms with Crippen molar-refractivity contribution < 1.29 is 31.6 Å². The average molecular weight is 505 g/mol. The Bertz CT molecular complexity index is 1380. The molecule has 10 heteroatoms. The molecule has 0 aliphatic rings. The minimum Gasteiger partial charge on any atom is -0.457 e. The molecule has 2 aromatic carbocycles. The number of hydrogen-bond donors (Lipinski definition) is 2. The van der Waals surface area contributed by atoms with Crippen LogP contribution in [-0.2, 0) is 19.6 Å². The maximum absolute atomic E-state index is 13.4. The highest BCUT2D eigenvalue weighted by molar-refractivity contribution is 7.92. The molecule has 0 aliphatic carbocycles. The molecule has 0 unspecified atom stereocenters.